The fourth-order valence-corrected chi connectivity index (χ4v) is 4.67. The second-order valence-corrected chi connectivity index (χ2v) is 8.72. The number of benzene rings is 3. The minimum Gasteiger partial charge on any atom is -0.507 e. The van der Waals surface area contributed by atoms with Crippen LogP contribution in [0, 0.1) is 10.1 Å². The van der Waals surface area contributed by atoms with Gasteiger partial charge in [0.1, 0.15) is 17.6 Å². The average molecular weight is 470 g/mol. The maximum absolute atomic E-state index is 13.2. The molecule has 8 heteroatoms. The van der Waals surface area contributed by atoms with E-state index in [1.165, 1.54) is 29.2 Å². The van der Waals surface area contributed by atoms with Crippen molar-refractivity contribution in [2.45, 2.75) is 32.0 Å². The molecule has 2 heterocycles. The third-order valence-corrected chi connectivity index (χ3v) is 6.32. The van der Waals surface area contributed by atoms with E-state index in [-0.39, 0.29) is 29.7 Å². The second kappa shape index (κ2) is 8.72. The maximum Gasteiger partial charge on any atom is 0.295 e. The molecule has 1 saturated heterocycles. The molecule has 2 aliphatic rings. The number of Topliss-reactive ketones (excluding diaryl/α,β-unsaturated/α-hetero) is 1. The van der Waals surface area contributed by atoms with Crippen LogP contribution in [0.3, 0.4) is 0 Å². The van der Waals surface area contributed by atoms with Crippen LogP contribution in [0.4, 0.5) is 5.69 Å². The van der Waals surface area contributed by atoms with Crippen LogP contribution >= 0.6 is 0 Å². The average Bonchev–Trinajstić information content (AvgIpc) is 3.35. The molecule has 0 radical (unpaired) electrons. The summed E-state index contributed by atoms with van der Waals surface area (Å²) in [5.41, 5.74) is 2.46. The molecule has 3 aromatic rings. The Bertz CT molecular complexity index is 1360. The Morgan fingerprint density at radius 3 is 2.49 bits per heavy atom. The molecular weight excluding hydrogens is 448 g/mol. The number of rotatable bonds is 5. The van der Waals surface area contributed by atoms with Crippen molar-refractivity contribution in [1.82, 2.24) is 4.90 Å². The summed E-state index contributed by atoms with van der Waals surface area (Å²) in [6.07, 6.45) is 0.684. The Labute approximate surface area is 201 Å². The number of fused-ring (bicyclic) bond motifs is 1. The Hall–Kier alpha value is -4.46. The van der Waals surface area contributed by atoms with Gasteiger partial charge in [-0.1, -0.05) is 30.3 Å². The number of non-ortho nitro benzene ring substituents is 1. The third kappa shape index (κ3) is 4.03. The Kier molecular flexibility index (Phi) is 5.56. The van der Waals surface area contributed by atoms with Gasteiger partial charge in [0.15, 0.2) is 0 Å². The first kappa shape index (κ1) is 22.3. The van der Waals surface area contributed by atoms with Crippen molar-refractivity contribution in [1.29, 1.82) is 0 Å². The molecule has 176 valence electrons. The van der Waals surface area contributed by atoms with Crippen LogP contribution in [0.25, 0.3) is 5.76 Å². The molecule has 1 fully saturated rings. The van der Waals surface area contributed by atoms with Crippen LogP contribution < -0.4 is 4.74 Å². The number of nitro groups is 1. The van der Waals surface area contributed by atoms with E-state index < -0.39 is 22.7 Å². The predicted octanol–water partition coefficient (Wildman–Crippen LogP) is 4.54. The van der Waals surface area contributed by atoms with E-state index in [0.29, 0.717) is 17.5 Å². The maximum atomic E-state index is 13.2. The number of carbonyl (C=O) groups is 2. The van der Waals surface area contributed by atoms with Crippen LogP contribution in [-0.4, -0.2) is 32.7 Å². The summed E-state index contributed by atoms with van der Waals surface area (Å²) in [5.74, 6) is -1.10. The molecule has 1 N–H and O–H groups in total. The third-order valence-electron chi connectivity index (χ3n) is 6.32. The van der Waals surface area contributed by atoms with Crippen molar-refractivity contribution in [2.75, 3.05) is 0 Å². The molecule has 8 nitrogen and oxygen atoms in total. The minimum absolute atomic E-state index is 0.0129. The van der Waals surface area contributed by atoms with Crippen molar-refractivity contribution in [3.63, 3.8) is 0 Å². The van der Waals surface area contributed by atoms with Gasteiger partial charge in [-0.05, 0) is 53.9 Å². The number of nitro benzene ring substituents is 1. The van der Waals surface area contributed by atoms with Crippen molar-refractivity contribution in [2.24, 2.45) is 0 Å². The lowest BCUT2D eigenvalue weighted by Gasteiger charge is -2.25. The number of ketones is 1. The summed E-state index contributed by atoms with van der Waals surface area (Å²) in [4.78, 5) is 38.4. The van der Waals surface area contributed by atoms with Crippen LogP contribution in [-0.2, 0) is 22.6 Å². The van der Waals surface area contributed by atoms with Crippen LogP contribution in [0.15, 0.2) is 78.4 Å². The summed E-state index contributed by atoms with van der Waals surface area (Å²) in [6.45, 7) is 2.09. The quantitative estimate of drug-likeness (QED) is 0.193. The zero-order valence-electron chi connectivity index (χ0n) is 18.9. The zero-order chi connectivity index (χ0) is 24.7. The summed E-state index contributed by atoms with van der Waals surface area (Å²) in [6, 6.07) is 19.1. The number of aliphatic hydroxyl groups is 1. The van der Waals surface area contributed by atoms with Crippen molar-refractivity contribution < 1.29 is 24.4 Å². The molecule has 2 aliphatic heterocycles. The van der Waals surface area contributed by atoms with Gasteiger partial charge in [-0.15, -0.1) is 0 Å². The lowest BCUT2D eigenvalue weighted by molar-refractivity contribution is -0.384. The first-order chi connectivity index (χ1) is 16.8. The molecule has 0 saturated carbocycles. The van der Waals surface area contributed by atoms with Crippen molar-refractivity contribution >= 4 is 23.1 Å². The van der Waals surface area contributed by atoms with E-state index >= 15 is 0 Å². The SMILES string of the molecule is C[C@H]1Cc2cc(/C(O)=C3\C(=O)C(=O)N(Cc4ccccc4)[C@@H]3c3ccc([N+](=O)[O-])cc3)ccc2O1. The zero-order valence-corrected chi connectivity index (χ0v) is 18.9. The number of likely N-dealkylation sites (tertiary alicyclic amines) is 1. The molecule has 35 heavy (non-hydrogen) atoms. The number of aliphatic hydroxyl groups excluding tert-OH is 1. The van der Waals surface area contributed by atoms with Gasteiger partial charge in [0, 0.05) is 30.7 Å². The van der Waals surface area contributed by atoms with E-state index in [9.17, 15) is 24.8 Å². The summed E-state index contributed by atoms with van der Waals surface area (Å²) >= 11 is 0. The Morgan fingerprint density at radius 2 is 1.80 bits per heavy atom. The Balaban J connectivity index is 1.63. The number of hydrogen-bond donors (Lipinski definition) is 1. The topological polar surface area (TPSA) is 110 Å². The second-order valence-electron chi connectivity index (χ2n) is 8.72. The van der Waals surface area contributed by atoms with Gasteiger partial charge in [-0.3, -0.25) is 19.7 Å². The molecule has 0 aliphatic carbocycles. The van der Waals surface area contributed by atoms with Crippen molar-refractivity contribution in [3.05, 3.63) is 111 Å². The molecule has 0 bridgehead atoms. The molecule has 0 unspecified atom stereocenters. The summed E-state index contributed by atoms with van der Waals surface area (Å²) in [5, 5.41) is 22.4. The Morgan fingerprint density at radius 1 is 1.09 bits per heavy atom. The highest BCUT2D eigenvalue weighted by Crippen LogP contribution is 2.41. The first-order valence-corrected chi connectivity index (χ1v) is 11.2. The van der Waals surface area contributed by atoms with Gasteiger partial charge in [0.25, 0.3) is 17.4 Å². The van der Waals surface area contributed by atoms with Gasteiger partial charge in [-0.25, -0.2) is 0 Å². The van der Waals surface area contributed by atoms with E-state index in [1.54, 1.807) is 18.2 Å². The standard InChI is InChI=1S/C27H22N2O6/c1-16-13-20-14-19(9-12-22(20)35-16)25(30)23-24(18-7-10-21(11-8-18)29(33)34)28(27(32)26(23)31)15-17-5-3-2-4-6-17/h2-12,14,16,24,30H,13,15H2,1H3/b25-23+/t16-,24+/m0/s1. The first-order valence-electron chi connectivity index (χ1n) is 11.2. The fourth-order valence-electron chi connectivity index (χ4n) is 4.67. The monoisotopic (exact) mass is 470 g/mol. The largest absolute Gasteiger partial charge is 0.507 e. The normalized spacial score (nSPS) is 20.5. The highest BCUT2D eigenvalue weighted by Gasteiger charge is 2.46. The number of nitrogens with zero attached hydrogens (tertiary/aromatic N) is 2. The molecule has 2 atom stereocenters. The predicted molar refractivity (Wildman–Crippen MR) is 128 cm³/mol. The lowest BCUT2D eigenvalue weighted by atomic mass is 9.94. The van der Waals surface area contributed by atoms with Gasteiger partial charge < -0.3 is 14.7 Å². The number of ether oxygens (including phenoxy) is 1. The highest BCUT2D eigenvalue weighted by molar-refractivity contribution is 6.46. The minimum atomic E-state index is -0.903. The molecule has 1 amide bonds. The van der Waals surface area contributed by atoms with Crippen LogP contribution in [0.5, 0.6) is 5.75 Å². The van der Waals surface area contributed by atoms with Crippen LogP contribution in [0.2, 0.25) is 0 Å². The van der Waals surface area contributed by atoms with Gasteiger partial charge in [0.2, 0.25) is 0 Å². The van der Waals surface area contributed by atoms with Crippen LogP contribution in [0.1, 0.15) is 35.2 Å². The van der Waals surface area contributed by atoms with E-state index in [0.717, 1.165) is 16.9 Å². The smallest absolute Gasteiger partial charge is 0.295 e. The molecule has 3 aromatic carbocycles. The van der Waals surface area contributed by atoms with Gasteiger partial charge in [0.05, 0.1) is 16.5 Å². The molecule has 0 spiro atoms. The highest BCUT2D eigenvalue weighted by atomic mass is 16.6. The number of amides is 1. The van der Waals surface area contributed by atoms with Gasteiger partial charge >= 0.3 is 0 Å². The fraction of sp³-hybridized carbons (Fsp3) is 0.185. The number of carbonyl (C=O) groups excluding carboxylic acids is 2. The van der Waals surface area contributed by atoms with E-state index in [2.05, 4.69) is 0 Å². The number of hydrogen-bond acceptors (Lipinski definition) is 6. The molecule has 5 rings (SSSR count). The summed E-state index contributed by atoms with van der Waals surface area (Å²) in [7, 11) is 0. The summed E-state index contributed by atoms with van der Waals surface area (Å²) < 4.78 is 5.73. The van der Waals surface area contributed by atoms with Crippen molar-refractivity contribution in [3.8, 4) is 5.75 Å². The van der Waals surface area contributed by atoms with E-state index in [1.807, 2.05) is 37.3 Å². The van der Waals surface area contributed by atoms with E-state index in [4.69, 9.17) is 4.74 Å². The molecule has 0 aromatic heterocycles. The lowest BCUT2D eigenvalue weighted by Crippen LogP contribution is -2.29. The van der Waals surface area contributed by atoms with Gasteiger partial charge in [-0.2, -0.15) is 0 Å². The molecular formula is C27H22N2O6.